The Morgan fingerprint density at radius 3 is 2.19 bits per heavy atom. The van der Waals surface area contributed by atoms with Gasteiger partial charge in [0.1, 0.15) is 18.3 Å². The number of amides is 2. The number of methoxy groups -OCH3 is 1. The summed E-state index contributed by atoms with van der Waals surface area (Å²) in [6.07, 6.45) is 1.95. The fourth-order valence-corrected chi connectivity index (χ4v) is 6.68. The van der Waals surface area contributed by atoms with Crippen LogP contribution >= 0.6 is 0 Å². The van der Waals surface area contributed by atoms with E-state index >= 15 is 0 Å². The number of anilines is 1. The van der Waals surface area contributed by atoms with Gasteiger partial charge >= 0.3 is 0 Å². The maximum atomic E-state index is 14.6. The highest BCUT2D eigenvalue weighted by Gasteiger charge is 2.34. The molecule has 248 valence electrons. The summed E-state index contributed by atoms with van der Waals surface area (Å²) in [5, 5.41) is 3.02. The van der Waals surface area contributed by atoms with Crippen molar-refractivity contribution in [3.05, 3.63) is 125 Å². The van der Waals surface area contributed by atoms with Crippen molar-refractivity contribution in [1.82, 2.24) is 10.2 Å². The van der Waals surface area contributed by atoms with Crippen LogP contribution in [0, 0.1) is 20.8 Å². The lowest BCUT2D eigenvalue weighted by atomic mass is 10.0. The monoisotopic (exact) mass is 655 g/mol. The number of carbonyl (C=O) groups excluding carboxylic acids is 2. The van der Waals surface area contributed by atoms with E-state index in [4.69, 9.17) is 4.74 Å². The molecule has 4 aromatic carbocycles. The van der Waals surface area contributed by atoms with Crippen LogP contribution in [0.25, 0.3) is 0 Å². The number of aryl methyl sites for hydroxylation is 3. The number of nitrogens with one attached hydrogen (secondary N) is 1. The quantitative estimate of drug-likeness (QED) is 0.150. The Balaban J connectivity index is 1.82. The van der Waals surface area contributed by atoms with Gasteiger partial charge in [-0.25, -0.2) is 8.42 Å². The van der Waals surface area contributed by atoms with E-state index in [2.05, 4.69) is 5.32 Å². The van der Waals surface area contributed by atoms with Gasteiger partial charge in [-0.05, 0) is 85.8 Å². The van der Waals surface area contributed by atoms with E-state index in [-0.39, 0.29) is 23.8 Å². The Morgan fingerprint density at radius 2 is 1.53 bits per heavy atom. The first kappa shape index (κ1) is 35.2. The number of hydrogen-bond acceptors (Lipinski definition) is 5. The van der Waals surface area contributed by atoms with Crippen LogP contribution < -0.4 is 14.4 Å². The molecule has 2 amide bonds. The van der Waals surface area contributed by atoms with Crippen LogP contribution in [0.3, 0.4) is 0 Å². The van der Waals surface area contributed by atoms with Crippen LogP contribution in [0.5, 0.6) is 5.75 Å². The van der Waals surface area contributed by atoms with E-state index in [0.29, 0.717) is 18.0 Å². The molecule has 0 heterocycles. The van der Waals surface area contributed by atoms with Crippen LogP contribution in [-0.4, -0.2) is 51.4 Å². The summed E-state index contributed by atoms with van der Waals surface area (Å²) >= 11 is 0. The molecule has 0 fully saturated rings. The molecule has 0 saturated carbocycles. The van der Waals surface area contributed by atoms with Crippen LogP contribution in [0.2, 0.25) is 0 Å². The fourth-order valence-electron chi connectivity index (χ4n) is 5.27. The number of unbranched alkanes of at least 4 members (excludes halogenated alkanes) is 1. The SMILES string of the molecule is CCCCNC(=O)[C@H](Cc1ccccc1)N(Cc1cccc(OC)c1)C(=O)CN(c1ccc(C)c(C)c1)S(=O)(=O)c1ccc(C)cc1. The highest BCUT2D eigenvalue weighted by atomic mass is 32.2. The number of carbonyl (C=O) groups is 2. The fraction of sp³-hybridized carbons (Fsp3) is 0.316. The van der Waals surface area contributed by atoms with Crippen molar-refractivity contribution in [3.63, 3.8) is 0 Å². The summed E-state index contributed by atoms with van der Waals surface area (Å²) in [5.41, 5.74) is 4.81. The zero-order chi connectivity index (χ0) is 34.0. The van der Waals surface area contributed by atoms with Crippen molar-refractivity contribution in [1.29, 1.82) is 0 Å². The van der Waals surface area contributed by atoms with Gasteiger partial charge in [0.2, 0.25) is 11.8 Å². The van der Waals surface area contributed by atoms with Gasteiger partial charge in [-0.2, -0.15) is 0 Å². The molecule has 1 atom stereocenters. The van der Waals surface area contributed by atoms with Gasteiger partial charge in [0, 0.05) is 19.5 Å². The van der Waals surface area contributed by atoms with Crippen molar-refractivity contribution < 1.29 is 22.7 Å². The van der Waals surface area contributed by atoms with E-state index < -0.39 is 28.5 Å². The summed E-state index contributed by atoms with van der Waals surface area (Å²) in [7, 11) is -2.60. The van der Waals surface area contributed by atoms with Crippen molar-refractivity contribution in [2.75, 3.05) is 24.5 Å². The van der Waals surface area contributed by atoms with E-state index in [1.807, 2.05) is 88.4 Å². The van der Waals surface area contributed by atoms with Gasteiger partial charge in [-0.3, -0.25) is 13.9 Å². The molecule has 0 aliphatic heterocycles. The molecule has 0 aliphatic rings. The highest BCUT2D eigenvalue weighted by Crippen LogP contribution is 2.27. The summed E-state index contributed by atoms with van der Waals surface area (Å²) in [6.45, 7) is 7.82. The van der Waals surface area contributed by atoms with Crippen LogP contribution in [-0.2, 0) is 32.6 Å². The topological polar surface area (TPSA) is 96.0 Å². The minimum atomic E-state index is -4.17. The Labute approximate surface area is 279 Å². The summed E-state index contributed by atoms with van der Waals surface area (Å²) in [5.74, 6) is -0.188. The van der Waals surface area contributed by atoms with Crippen LogP contribution in [0.1, 0.15) is 47.6 Å². The van der Waals surface area contributed by atoms with Crippen molar-refractivity contribution in [2.45, 2.75) is 64.4 Å². The van der Waals surface area contributed by atoms with Crippen LogP contribution in [0.4, 0.5) is 5.69 Å². The second-order valence-corrected chi connectivity index (χ2v) is 13.7. The molecule has 9 heteroatoms. The predicted octanol–water partition coefficient (Wildman–Crippen LogP) is 6.37. The minimum absolute atomic E-state index is 0.0695. The Kier molecular flexibility index (Phi) is 12.2. The van der Waals surface area contributed by atoms with Crippen molar-refractivity contribution >= 4 is 27.5 Å². The maximum Gasteiger partial charge on any atom is 0.264 e. The molecule has 0 spiro atoms. The van der Waals surface area contributed by atoms with Gasteiger partial charge in [-0.15, -0.1) is 0 Å². The average Bonchev–Trinajstić information content (AvgIpc) is 3.07. The number of ether oxygens (including phenoxy) is 1. The van der Waals surface area contributed by atoms with Crippen molar-refractivity contribution in [3.8, 4) is 5.75 Å². The third kappa shape index (κ3) is 9.23. The smallest absolute Gasteiger partial charge is 0.264 e. The lowest BCUT2D eigenvalue weighted by molar-refractivity contribution is -0.140. The molecule has 4 rings (SSSR count). The number of rotatable bonds is 15. The maximum absolute atomic E-state index is 14.6. The molecule has 0 aromatic heterocycles. The van der Waals surface area contributed by atoms with E-state index in [0.717, 1.165) is 45.0 Å². The molecule has 0 radical (unpaired) electrons. The highest BCUT2D eigenvalue weighted by molar-refractivity contribution is 7.92. The predicted molar refractivity (Wildman–Crippen MR) is 187 cm³/mol. The summed E-state index contributed by atoms with van der Waals surface area (Å²) in [4.78, 5) is 30.1. The molecule has 0 bridgehead atoms. The Hall–Kier alpha value is -4.63. The number of hydrogen-bond donors (Lipinski definition) is 1. The number of benzene rings is 4. The standard InChI is InChI=1S/C38H45N3O5S/c1-6-7-22-39-38(43)36(25-31-12-9-8-10-13-31)40(26-32-14-11-15-34(24-32)46-5)37(42)27-41(33-19-18-29(3)30(4)23-33)47(44,45)35-20-16-28(2)17-21-35/h8-21,23-24,36H,6-7,22,25-27H2,1-5H3,(H,39,43)/t36-/m0/s1. The third-order valence-electron chi connectivity index (χ3n) is 8.25. The number of nitrogens with zero attached hydrogens (tertiary/aromatic N) is 2. The lowest BCUT2D eigenvalue weighted by Gasteiger charge is -2.34. The zero-order valence-electron chi connectivity index (χ0n) is 27.9. The van der Waals surface area contributed by atoms with Gasteiger partial charge < -0.3 is 15.0 Å². The molecular weight excluding hydrogens is 611 g/mol. The molecule has 8 nitrogen and oxygen atoms in total. The molecule has 1 N–H and O–H groups in total. The molecule has 47 heavy (non-hydrogen) atoms. The normalized spacial score (nSPS) is 11.9. The molecule has 4 aromatic rings. The first-order valence-corrected chi connectivity index (χ1v) is 17.4. The largest absolute Gasteiger partial charge is 0.497 e. The van der Waals surface area contributed by atoms with Gasteiger partial charge in [-0.1, -0.05) is 79.6 Å². The van der Waals surface area contributed by atoms with E-state index in [9.17, 15) is 18.0 Å². The van der Waals surface area contributed by atoms with E-state index in [1.54, 1.807) is 43.5 Å². The number of sulfonamides is 1. The zero-order valence-corrected chi connectivity index (χ0v) is 28.7. The molecule has 0 unspecified atom stereocenters. The third-order valence-corrected chi connectivity index (χ3v) is 10.0. The van der Waals surface area contributed by atoms with Crippen molar-refractivity contribution in [2.24, 2.45) is 0 Å². The van der Waals surface area contributed by atoms with Crippen LogP contribution in [0.15, 0.2) is 102 Å². The average molecular weight is 656 g/mol. The second-order valence-electron chi connectivity index (χ2n) is 11.8. The Morgan fingerprint density at radius 1 is 0.830 bits per heavy atom. The molecular formula is C38H45N3O5S. The Bertz CT molecular complexity index is 1760. The van der Waals surface area contributed by atoms with Gasteiger partial charge in [0.25, 0.3) is 10.0 Å². The van der Waals surface area contributed by atoms with Gasteiger partial charge in [0.05, 0.1) is 17.7 Å². The lowest BCUT2D eigenvalue weighted by Crippen LogP contribution is -2.53. The summed E-state index contributed by atoms with van der Waals surface area (Å²) < 4.78 is 35.1. The second kappa shape index (κ2) is 16.3. The molecule has 0 aliphatic carbocycles. The minimum Gasteiger partial charge on any atom is -0.497 e. The molecule has 0 saturated heterocycles. The van der Waals surface area contributed by atoms with E-state index in [1.165, 1.54) is 4.90 Å². The first-order valence-electron chi connectivity index (χ1n) is 15.9. The summed E-state index contributed by atoms with van der Waals surface area (Å²) in [6, 6.07) is 27.9. The van der Waals surface area contributed by atoms with Gasteiger partial charge in [0.15, 0.2) is 0 Å². The first-order chi connectivity index (χ1) is 22.5.